The number of nitrogens with one attached hydrogen (secondary N) is 1. The third-order valence-electron chi connectivity index (χ3n) is 2.43. The van der Waals surface area contributed by atoms with Crippen LogP contribution < -0.4 is 4.72 Å². The highest BCUT2D eigenvalue weighted by atomic mass is 32.2. The molecule has 0 aliphatic rings. The first-order valence-electron chi connectivity index (χ1n) is 5.46. The fourth-order valence-corrected chi connectivity index (χ4v) is 2.82. The molecule has 0 amide bonds. The van der Waals surface area contributed by atoms with E-state index in [4.69, 9.17) is 5.26 Å². The van der Waals surface area contributed by atoms with E-state index in [-0.39, 0.29) is 11.8 Å². The van der Waals surface area contributed by atoms with Gasteiger partial charge in [0.05, 0.1) is 17.4 Å². The van der Waals surface area contributed by atoms with Crippen LogP contribution in [0, 0.1) is 11.3 Å². The van der Waals surface area contributed by atoms with Crippen LogP contribution in [0.1, 0.15) is 31.4 Å². The van der Waals surface area contributed by atoms with Crippen molar-refractivity contribution in [1.29, 1.82) is 5.26 Å². The summed E-state index contributed by atoms with van der Waals surface area (Å²) in [5.41, 5.74) is 1.21. The van der Waals surface area contributed by atoms with Crippen LogP contribution >= 0.6 is 0 Å². The zero-order chi connectivity index (χ0) is 12.9. The van der Waals surface area contributed by atoms with Crippen molar-refractivity contribution in [3.05, 3.63) is 35.4 Å². The predicted molar refractivity (Wildman–Crippen MR) is 66.7 cm³/mol. The molecule has 1 rings (SSSR count). The first-order valence-corrected chi connectivity index (χ1v) is 7.11. The molecule has 0 heterocycles. The summed E-state index contributed by atoms with van der Waals surface area (Å²) < 4.78 is 26.1. The van der Waals surface area contributed by atoms with Crippen LogP contribution in [0.3, 0.4) is 0 Å². The lowest BCUT2D eigenvalue weighted by Crippen LogP contribution is -2.32. The van der Waals surface area contributed by atoms with Gasteiger partial charge in [-0.1, -0.05) is 19.1 Å². The number of rotatable bonds is 5. The molecule has 0 fully saturated rings. The highest BCUT2D eigenvalue weighted by Gasteiger charge is 2.13. The number of sulfonamides is 1. The molecule has 1 N–H and O–H groups in total. The third kappa shape index (κ3) is 4.55. The van der Waals surface area contributed by atoms with Crippen molar-refractivity contribution in [3.63, 3.8) is 0 Å². The quantitative estimate of drug-likeness (QED) is 0.868. The van der Waals surface area contributed by atoms with Crippen LogP contribution in [-0.2, 0) is 15.8 Å². The lowest BCUT2D eigenvalue weighted by molar-refractivity contribution is 0.555. The Labute approximate surface area is 102 Å². The number of nitrogens with zero attached hydrogens (tertiary/aromatic N) is 1. The molecular formula is C12H16N2O2S. The van der Waals surface area contributed by atoms with E-state index in [1.807, 2.05) is 19.9 Å². The van der Waals surface area contributed by atoms with Gasteiger partial charge in [0.15, 0.2) is 0 Å². The molecule has 0 radical (unpaired) electrons. The molecule has 0 aliphatic heterocycles. The standard InChI is InChI=1S/C12H16N2O2S/c1-3-10(2)14-17(15,16)9-12-6-4-11(8-13)5-7-12/h4-7,10,14H,3,9H2,1-2H3. The molecule has 5 heteroatoms. The second-order valence-corrected chi connectivity index (χ2v) is 5.75. The molecule has 0 bridgehead atoms. The summed E-state index contributed by atoms with van der Waals surface area (Å²) in [4.78, 5) is 0. The van der Waals surface area contributed by atoms with Gasteiger partial charge in [-0.3, -0.25) is 0 Å². The lowest BCUT2D eigenvalue weighted by Gasteiger charge is -2.11. The number of benzene rings is 1. The Morgan fingerprint density at radius 2 is 1.94 bits per heavy atom. The molecular weight excluding hydrogens is 236 g/mol. The number of nitriles is 1. The van der Waals surface area contributed by atoms with E-state index >= 15 is 0 Å². The average Bonchev–Trinajstić information content (AvgIpc) is 2.28. The Hall–Kier alpha value is -1.38. The van der Waals surface area contributed by atoms with Crippen LogP contribution in [0.25, 0.3) is 0 Å². The molecule has 0 aliphatic carbocycles. The monoisotopic (exact) mass is 252 g/mol. The van der Waals surface area contributed by atoms with E-state index in [1.165, 1.54) is 0 Å². The molecule has 1 aromatic carbocycles. The van der Waals surface area contributed by atoms with Gasteiger partial charge in [0.1, 0.15) is 0 Å². The molecule has 0 aromatic heterocycles. The van der Waals surface area contributed by atoms with Gasteiger partial charge in [0.2, 0.25) is 10.0 Å². The molecule has 92 valence electrons. The molecule has 1 aromatic rings. The summed E-state index contributed by atoms with van der Waals surface area (Å²) in [6.07, 6.45) is 0.757. The highest BCUT2D eigenvalue weighted by Crippen LogP contribution is 2.08. The topological polar surface area (TPSA) is 70.0 Å². The first kappa shape index (κ1) is 13.7. The first-order chi connectivity index (χ1) is 7.96. The molecule has 0 spiro atoms. The van der Waals surface area contributed by atoms with Crippen LogP contribution in [0.5, 0.6) is 0 Å². The summed E-state index contributed by atoms with van der Waals surface area (Å²) in [6.45, 7) is 3.76. The van der Waals surface area contributed by atoms with Gasteiger partial charge in [-0.25, -0.2) is 13.1 Å². The van der Waals surface area contributed by atoms with Crippen molar-refractivity contribution < 1.29 is 8.42 Å². The Bertz CT molecular complexity index is 500. The molecule has 1 unspecified atom stereocenters. The van der Waals surface area contributed by atoms with E-state index in [9.17, 15) is 8.42 Å². The Balaban J connectivity index is 2.73. The molecule has 4 nitrogen and oxygen atoms in total. The van der Waals surface area contributed by atoms with Crippen LogP contribution in [-0.4, -0.2) is 14.5 Å². The molecule has 0 saturated heterocycles. The Morgan fingerprint density at radius 1 is 1.35 bits per heavy atom. The van der Waals surface area contributed by atoms with Crippen molar-refractivity contribution in [2.45, 2.75) is 32.1 Å². The predicted octanol–water partition coefficient (Wildman–Crippen LogP) is 1.78. The van der Waals surface area contributed by atoms with Gasteiger partial charge < -0.3 is 0 Å². The smallest absolute Gasteiger partial charge is 0.212 e. The van der Waals surface area contributed by atoms with Crippen LogP contribution in [0.2, 0.25) is 0 Å². The minimum Gasteiger partial charge on any atom is -0.212 e. The largest absolute Gasteiger partial charge is 0.216 e. The number of hydrogen-bond donors (Lipinski definition) is 1. The van der Waals surface area contributed by atoms with Crippen LogP contribution in [0.4, 0.5) is 0 Å². The fraction of sp³-hybridized carbons (Fsp3) is 0.417. The maximum atomic E-state index is 11.7. The lowest BCUT2D eigenvalue weighted by atomic mass is 10.2. The second kappa shape index (κ2) is 5.80. The zero-order valence-electron chi connectivity index (χ0n) is 9.97. The van der Waals surface area contributed by atoms with Gasteiger partial charge in [-0.05, 0) is 31.0 Å². The molecule has 0 saturated carbocycles. The van der Waals surface area contributed by atoms with Crippen molar-refractivity contribution in [2.75, 3.05) is 0 Å². The van der Waals surface area contributed by atoms with Crippen molar-refractivity contribution in [1.82, 2.24) is 4.72 Å². The molecule has 1 atom stereocenters. The molecule has 17 heavy (non-hydrogen) atoms. The minimum absolute atomic E-state index is 0.0525. The van der Waals surface area contributed by atoms with Gasteiger partial charge in [0, 0.05) is 6.04 Å². The van der Waals surface area contributed by atoms with Crippen molar-refractivity contribution in [2.24, 2.45) is 0 Å². The van der Waals surface area contributed by atoms with Gasteiger partial charge in [0.25, 0.3) is 0 Å². The van der Waals surface area contributed by atoms with Crippen LogP contribution in [0.15, 0.2) is 24.3 Å². The van der Waals surface area contributed by atoms with Gasteiger partial charge in [-0.15, -0.1) is 0 Å². The van der Waals surface area contributed by atoms with Crippen molar-refractivity contribution in [3.8, 4) is 6.07 Å². The average molecular weight is 252 g/mol. The van der Waals surface area contributed by atoms with E-state index < -0.39 is 10.0 Å². The highest BCUT2D eigenvalue weighted by molar-refractivity contribution is 7.88. The van der Waals surface area contributed by atoms with Gasteiger partial charge in [-0.2, -0.15) is 5.26 Å². The summed E-state index contributed by atoms with van der Waals surface area (Å²) >= 11 is 0. The minimum atomic E-state index is -3.30. The van der Waals surface area contributed by atoms with E-state index in [0.29, 0.717) is 11.1 Å². The Morgan fingerprint density at radius 3 is 2.41 bits per heavy atom. The SMILES string of the molecule is CCC(C)NS(=O)(=O)Cc1ccc(C#N)cc1. The summed E-state index contributed by atoms with van der Waals surface area (Å²) in [7, 11) is -3.30. The van der Waals surface area contributed by atoms with E-state index in [0.717, 1.165) is 6.42 Å². The maximum Gasteiger partial charge on any atom is 0.216 e. The summed E-state index contributed by atoms with van der Waals surface area (Å²) in [5.74, 6) is -0.0525. The normalized spacial score (nSPS) is 13.0. The van der Waals surface area contributed by atoms with Gasteiger partial charge >= 0.3 is 0 Å². The Kier molecular flexibility index (Phi) is 4.67. The number of hydrogen-bond acceptors (Lipinski definition) is 3. The zero-order valence-corrected chi connectivity index (χ0v) is 10.8. The second-order valence-electron chi connectivity index (χ2n) is 3.99. The third-order valence-corrected chi connectivity index (χ3v) is 3.91. The van der Waals surface area contributed by atoms with Crippen molar-refractivity contribution >= 4 is 10.0 Å². The van der Waals surface area contributed by atoms with E-state index in [2.05, 4.69) is 4.72 Å². The fourth-order valence-electron chi connectivity index (χ4n) is 1.33. The van der Waals surface area contributed by atoms with E-state index in [1.54, 1.807) is 24.3 Å². The maximum absolute atomic E-state index is 11.7. The summed E-state index contributed by atoms with van der Waals surface area (Å²) in [6, 6.07) is 8.50. The summed E-state index contributed by atoms with van der Waals surface area (Å²) in [5, 5.41) is 8.63.